The number of amides is 1. The third-order valence-electron chi connectivity index (χ3n) is 3.82. The molecule has 0 radical (unpaired) electrons. The summed E-state index contributed by atoms with van der Waals surface area (Å²) in [5, 5.41) is 6.30. The predicted octanol–water partition coefficient (Wildman–Crippen LogP) is 1.43. The summed E-state index contributed by atoms with van der Waals surface area (Å²) in [6, 6.07) is 5.41. The molecule has 0 aliphatic carbocycles. The SMILES string of the molecule is Cc1cc(CNC(=O)CN(C)CC2CCCN2)ccc1F. The molecule has 0 aromatic heterocycles. The summed E-state index contributed by atoms with van der Waals surface area (Å²) in [7, 11) is 1.96. The van der Waals surface area contributed by atoms with Crippen LogP contribution in [0.25, 0.3) is 0 Å². The minimum atomic E-state index is -0.214. The van der Waals surface area contributed by atoms with Crippen LogP contribution in [0, 0.1) is 12.7 Å². The van der Waals surface area contributed by atoms with Crippen LogP contribution in [0.15, 0.2) is 18.2 Å². The van der Waals surface area contributed by atoms with E-state index in [1.165, 1.54) is 18.9 Å². The molecule has 1 aliphatic rings. The van der Waals surface area contributed by atoms with Crippen LogP contribution in [0.4, 0.5) is 4.39 Å². The molecule has 2 N–H and O–H groups in total. The van der Waals surface area contributed by atoms with E-state index in [2.05, 4.69) is 10.6 Å². The van der Waals surface area contributed by atoms with Gasteiger partial charge in [-0.25, -0.2) is 4.39 Å². The first-order chi connectivity index (χ1) is 10.0. The highest BCUT2D eigenvalue weighted by molar-refractivity contribution is 5.77. The monoisotopic (exact) mass is 293 g/mol. The highest BCUT2D eigenvalue weighted by Crippen LogP contribution is 2.09. The Kier molecular flexibility index (Phi) is 5.70. The van der Waals surface area contributed by atoms with Crippen molar-refractivity contribution < 1.29 is 9.18 Å². The van der Waals surface area contributed by atoms with Gasteiger partial charge >= 0.3 is 0 Å². The lowest BCUT2D eigenvalue weighted by Crippen LogP contribution is -2.41. The molecule has 0 saturated carbocycles. The van der Waals surface area contributed by atoms with E-state index >= 15 is 0 Å². The molecule has 1 fully saturated rings. The number of nitrogens with zero attached hydrogens (tertiary/aromatic N) is 1. The fourth-order valence-corrected chi connectivity index (χ4v) is 2.67. The van der Waals surface area contributed by atoms with E-state index < -0.39 is 0 Å². The van der Waals surface area contributed by atoms with Gasteiger partial charge in [-0.1, -0.05) is 12.1 Å². The molecule has 1 unspecified atom stereocenters. The van der Waals surface area contributed by atoms with Gasteiger partial charge in [0.25, 0.3) is 0 Å². The van der Waals surface area contributed by atoms with E-state index in [1.807, 2.05) is 11.9 Å². The highest BCUT2D eigenvalue weighted by atomic mass is 19.1. The fraction of sp³-hybridized carbons (Fsp3) is 0.562. The minimum absolute atomic E-state index is 0.00234. The lowest BCUT2D eigenvalue weighted by molar-refractivity contribution is -0.122. The second-order valence-corrected chi connectivity index (χ2v) is 5.85. The van der Waals surface area contributed by atoms with E-state index in [1.54, 1.807) is 19.1 Å². The minimum Gasteiger partial charge on any atom is -0.351 e. The summed E-state index contributed by atoms with van der Waals surface area (Å²) in [6.07, 6.45) is 2.40. The summed E-state index contributed by atoms with van der Waals surface area (Å²) in [4.78, 5) is 13.9. The number of nitrogens with one attached hydrogen (secondary N) is 2. The van der Waals surface area contributed by atoms with Crippen molar-refractivity contribution >= 4 is 5.91 Å². The molecule has 1 aliphatic heterocycles. The van der Waals surface area contributed by atoms with Crippen molar-refractivity contribution in [3.63, 3.8) is 0 Å². The van der Waals surface area contributed by atoms with Crippen molar-refractivity contribution in [2.75, 3.05) is 26.7 Å². The molecule has 1 saturated heterocycles. The normalized spacial score (nSPS) is 18.2. The molecule has 1 atom stereocenters. The Morgan fingerprint density at radius 2 is 2.33 bits per heavy atom. The molecule has 0 bridgehead atoms. The number of carbonyl (C=O) groups excluding carboxylic acids is 1. The zero-order chi connectivity index (χ0) is 15.2. The van der Waals surface area contributed by atoms with Gasteiger partial charge in [0.2, 0.25) is 5.91 Å². The average molecular weight is 293 g/mol. The lowest BCUT2D eigenvalue weighted by atomic mass is 10.1. The zero-order valence-electron chi connectivity index (χ0n) is 12.8. The van der Waals surface area contributed by atoms with Gasteiger partial charge in [0.1, 0.15) is 5.82 Å². The first-order valence-electron chi connectivity index (χ1n) is 7.48. The molecule has 5 heteroatoms. The van der Waals surface area contributed by atoms with Gasteiger partial charge in [-0.2, -0.15) is 0 Å². The lowest BCUT2D eigenvalue weighted by Gasteiger charge is -2.20. The summed E-state index contributed by atoms with van der Waals surface area (Å²) in [5.74, 6) is -0.216. The summed E-state index contributed by atoms with van der Waals surface area (Å²) in [6.45, 7) is 4.52. The number of halogens is 1. The maximum absolute atomic E-state index is 13.2. The van der Waals surface area contributed by atoms with E-state index in [4.69, 9.17) is 0 Å². The largest absolute Gasteiger partial charge is 0.351 e. The standard InChI is InChI=1S/C16H24FN3O/c1-12-8-13(5-6-15(12)17)9-19-16(21)11-20(2)10-14-4-3-7-18-14/h5-6,8,14,18H,3-4,7,9-11H2,1-2H3,(H,19,21). The second-order valence-electron chi connectivity index (χ2n) is 5.85. The fourth-order valence-electron chi connectivity index (χ4n) is 2.67. The highest BCUT2D eigenvalue weighted by Gasteiger charge is 2.17. The van der Waals surface area contributed by atoms with Crippen LogP contribution in [0.5, 0.6) is 0 Å². The Morgan fingerprint density at radius 3 is 3.00 bits per heavy atom. The maximum atomic E-state index is 13.2. The van der Waals surface area contributed by atoms with Crippen molar-refractivity contribution in [1.29, 1.82) is 0 Å². The van der Waals surface area contributed by atoms with Gasteiger partial charge < -0.3 is 10.6 Å². The Hall–Kier alpha value is -1.46. The third kappa shape index (κ3) is 5.10. The average Bonchev–Trinajstić information content (AvgIpc) is 2.92. The first-order valence-corrected chi connectivity index (χ1v) is 7.48. The number of hydrogen-bond donors (Lipinski definition) is 2. The van der Waals surface area contributed by atoms with Crippen LogP contribution >= 0.6 is 0 Å². The zero-order valence-corrected chi connectivity index (χ0v) is 12.8. The van der Waals surface area contributed by atoms with Gasteiger partial charge in [-0.15, -0.1) is 0 Å². The second kappa shape index (κ2) is 7.52. The van der Waals surface area contributed by atoms with Crippen molar-refractivity contribution in [3.05, 3.63) is 35.1 Å². The first kappa shape index (κ1) is 15.9. The Morgan fingerprint density at radius 1 is 1.52 bits per heavy atom. The summed E-state index contributed by atoms with van der Waals surface area (Å²) >= 11 is 0. The van der Waals surface area contributed by atoms with Crippen LogP contribution in [0.1, 0.15) is 24.0 Å². The van der Waals surface area contributed by atoms with Crippen molar-refractivity contribution in [2.24, 2.45) is 0 Å². The smallest absolute Gasteiger partial charge is 0.234 e. The van der Waals surface area contributed by atoms with E-state index in [0.29, 0.717) is 24.7 Å². The molecule has 4 nitrogen and oxygen atoms in total. The summed E-state index contributed by atoms with van der Waals surface area (Å²) < 4.78 is 13.2. The predicted molar refractivity (Wildman–Crippen MR) is 81.5 cm³/mol. The number of rotatable bonds is 6. The van der Waals surface area contributed by atoms with Gasteiger partial charge in [-0.05, 0) is 50.6 Å². The van der Waals surface area contributed by atoms with Crippen molar-refractivity contribution in [2.45, 2.75) is 32.4 Å². The van der Waals surface area contributed by atoms with Gasteiger partial charge in [0.05, 0.1) is 6.54 Å². The Bertz CT molecular complexity index is 486. The molecule has 21 heavy (non-hydrogen) atoms. The van der Waals surface area contributed by atoms with Crippen molar-refractivity contribution in [1.82, 2.24) is 15.5 Å². The number of benzene rings is 1. The maximum Gasteiger partial charge on any atom is 0.234 e. The van der Waals surface area contributed by atoms with E-state index in [0.717, 1.165) is 18.7 Å². The van der Waals surface area contributed by atoms with Gasteiger partial charge in [0, 0.05) is 19.1 Å². The molecular formula is C16H24FN3O. The van der Waals surface area contributed by atoms with Crippen LogP contribution < -0.4 is 10.6 Å². The number of carbonyl (C=O) groups is 1. The number of aryl methyl sites for hydroxylation is 1. The molecule has 0 spiro atoms. The third-order valence-corrected chi connectivity index (χ3v) is 3.82. The molecule has 1 heterocycles. The molecular weight excluding hydrogens is 269 g/mol. The number of hydrogen-bond acceptors (Lipinski definition) is 3. The van der Waals surface area contributed by atoms with Crippen molar-refractivity contribution in [3.8, 4) is 0 Å². The number of likely N-dealkylation sites (N-methyl/N-ethyl adjacent to an activating group) is 1. The Labute approximate surface area is 125 Å². The van der Waals surface area contributed by atoms with Crippen LogP contribution in [-0.4, -0.2) is 43.5 Å². The Balaban J connectivity index is 1.72. The van der Waals surface area contributed by atoms with Crippen LogP contribution in [-0.2, 0) is 11.3 Å². The van der Waals surface area contributed by atoms with E-state index in [9.17, 15) is 9.18 Å². The van der Waals surface area contributed by atoms with Gasteiger partial charge in [-0.3, -0.25) is 9.69 Å². The topological polar surface area (TPSA) is 44.4 Å². The van der Waals surface area contributed by atoms with Gasteiger partial charge in [0.15, 0.2) is 0 Å². The summed E-state index contributed by atoms with van der Waals surface area (Å²) in [5.41, 5.74) is 1.52. The molecule has 1 aromatic rings. The quantitative estimate of drug-likeness (QED) is 0.834. The molecule has 1 aromatic carbocycles. The molecule has 2 rings (SSSR count). The molecule has 116 valence electrons. The molecule has 1 amide bonds. The van der Waals surface area contributed by atoms with Crippen LogP contribution in [0.3, 0.4) is 0 Å². The van der Waals surface area contributed by atoms with E-state index in [-0.39, 0.29) is 11.7 Å². The van der Waals surface area contributed by atoms with Crippen LogP contribution in [0.2, 0.25) is 0 Å².